The van der Waals surface area contributed by atoms with Crippen LogP contribution in [-0.2, 0) is 103 Å². The third-order valence-corrected chi connectivity index (χ3v) is 39.8. The van der Waals surface area contributed by atoms with Gasteiger partial charge < -0.3 is 13.9 Å². The third kappa shape index (κ3) is 53.3. The first kappa shape index (κ1) is 105. The van der Waals surface area contributed by atoms with Crippen molar-refractivity contribution >= 4 is 128 Å². The van der Waals surface area contributed by atoms with E-state index < -0.39 is 84.1 Å². The maximum atomic E-state index is 15.3. The molecule has 0 aliphatic carbocycles. The van der Waals surface area contributed by atoms with E-state index in [1.54, 1.807) is 41.5 Å². The molecule has 0 amide bonds. The summed E-state index contributed by atoms with van der Waals surface area (Å²) in [6.45, 7) is 29.9. The fourth-order valence-electron chi connectivity index (χ4n) is 10.7. The highest BCUT2D eigenvalue weighted by Gasteiger charge is 2.42. The van der Waals surface area contributed by atoms with E-state index in [-0.39, 0.29) is 131 Å². The molecule has 101 heavy (non-hydrogen) atoms. The van der Waals surface area contributed by atoms with E-state index in [0.717, 1.165) is 68.3 Å². The van der Waals surface area contributed by atoms with Crippen molar-refractivity contribution < 1.29 is 95.6 Å². The van der Waals surface area contributed by atoms with Crippen molar-refractivity contribution in [3.63, 3.8) is 0 Å². The molecule has 0 bridgehead atoms. The van der Waals surface area contributed by atoms with Crippen molar-refractivity contribution in [3.8, 4) is 0 Å². The molecule has 0 aromatic heterocycles. The van der Waals surface area contributed by atoms with Gasteiger partial charge in [-0.1, -0.05) is 111 Å². The Kier molecular flexibility index (Phi) is 53.2. The zero-order valence-corrected chi connectivity index (χ0v) is 79.2. The van der Waals surface area contributed by atoms with Crippen molar-refractivity contribution in [2.75, 3.05) is 34.5 Å². The first-order chi connectivity index (χ1) is 46.1. The fraction of sp³-hybridized carbons (Fsp3) is 1.00. The van der Waals surface area contributed by atoms with Crippen LogP contribution in [0.2, 0.25) is 0 Å². The van der Waals surface area contributed by atoms with Gasteiger partial charge in [0.2, 0.25) is 0 Å². The molecule has 0 heterocycles. The van der Waals surface area contributed by atoms with Gasteiger partial charge in [-0.05, 0) is 276 Å². The molecular weight excluding hydrogens is 1570 g/mol. The first-order valence-corrected chi connectivity index (χ1v) is 57.9. The van der Waals surface area contributed by atoms with E-state index in [2.05, 4.69) is 111 Å². The summed E-state index contributed by atoms with van der Waals surface area (Å²) in [4.78, 5) is 11.8. The van der Waals surface area contributed by atoms with E-state index in [0.29, 0.717) is 51.4 Å². The molecule has 0 rings (SSSR count). The number of hydrogen-bond donors (Lipinski definition) is 1. The van der Waals surface area contributed by atoms with Gasteiger partial charge in [0, 0.05) is 34.5 Å². The lowest BCUT2D eigenvalue weighted by atomic mass is 10.1. The van der Waals surface area contributed by atoms with Gasteiger partial charge in [-0.15, -0.1) is 0 Å². The average molecular weight is 1710 g/mol. The minimum absolute atomic E-state index is 0.0328. The molecule has 14 atom stereocenters. The summed E-state index contributed by atoms with van der Waals surface area (Å²) in [6.07, 6.45) is -3.20. The molecule has 35 heteroatoms. The molecule has 1 N–H and O–H groups in total. The maximum Gasteiger partial charge on any atom is 0.389 e. The molecule has 0 aromatic rings. The SMILES string of the molecule is CC(C)CC(C)OP(=O)(OC(C)CC(C)C)SCC(C)OP(=O)(OC(C)CSP(=O)(OC(C)CC(C)C)OC(C)CC(C)C)SCC(C)OP(O)(=S)OC(C)CSP(=O)(OC(C)CSP(=O)(OC(C)CC(C)C)OC(C)CC(C)C)OC(C)CSP(=O)(OC(C)CC(C)C)OC(C)CC(C)C. The average Bonchev–Trinajstić information content (AvgIpc) is 0.857. The van der Waals surface area contributed by atoms with Crippen LogP contribution >= 0.6 is 116 Å². The predicted octanol–water partition coefficient (Wildman–Crippen LogP) is 26.3. The van der Waals surface area contributed by atoms with Crippen LogP contribution in [0.4, 0.5) is 0 Å². The Labute approximate surface area is 644 Å². The predicted molar refractivity (Wildman–Crippen MR) is 440 cm³/mol. The van der Waals surface area contributed by atoms with Gasteiger partial charge in [-0.25, -0.2) is 27.4 Å². The van der Waals surface area contributed by atoms with Crippen LogP contribution in [-0.4, -0.2) is 125 Å². The summed E-state index contributed by atoms with van der Waals surface area (Å²) in [5.74, 6) is 2.07. The smallest absolute Gasteiger partial charge is 0.324 e. The summed E-state index contributed by atoms with van der Waals surface area (Å²) in [6, 6.07) is 0. The van der Waals surface area contributed by atoms with E-state index in [1.165, 1.54) is 0 Å². The summed E-state index contributed by atoms with van der Waals surface area (Å²) >= 11 is 11.1. The van der Waals surface area contributed by atoms with Crippen LogP contribution in [0.5, 0.6) is 0 Å². The van der Waals surface area contributed by atoms with Crippen LogP contribution in [0.3, 0.4) is 0 Å². The topological polar surface area (TPSA) is 252 Å². The molecule has 0 aliphatic heterocycles. The molecule has 0 saturated carbocycles. The lowest BCUT2D eigenvalue weighted by molar-refractivity contribution is 0.118. The van der Waals surface area contributed by atoms with E-state index in [4.69, 9.17) is 75.1 Å². The van der Waals surface area contributed by atoms with Crippen molar-refractivity contribution in [1.29, 1.82) is 0 Å². The Hall–Kier alpha value is 3.53. The Morgan fingerprint density at radius 2 is 0.307 bits per heavy atom. The second kappa shape index (κ2) is 51.4. The number of rotatable bonds is 62. The second-order valence-corrected chi connectivity index (χ2v) is 57.7. The van der Waals surface area contributed by atoms with E-state index >= 15 is 9.13 Å². The highest BCUT2D eigenvalue weighted by molar-refractivity contribution is 8.57. The zero-order chi connectivity index (χ0) is 78.2. The van der Waals surface area contributed by atoms with Gasteiger partial charge in [0.15, 0.2) is 0 Å². The van der Waals surface area contributed by atoms with Crippen LogP contribution in [0.15, 0.2) is 0 Å². The summed E-state index contributed by atoms with van der Waals surface area (Å²) < 4.78 is 176. The van der Waals surface area contributed by atoms with Gasteiger partial charge in [0.25, 0.3) is 0 Å². The van der Waals surface area contributed by atoms with Crippen molar-refractivity contribution in [2.24, 2.45) is 47.3 Å². The molecule has 0 spiro atoms. The van der Waals surface area contributed by atoms with Crippen molar-refractivity contribution in [3.05, 3.63) is 0 Å². The van der Waals surface area contributed by atoms with Crippen LogP contribution in [0.1, 0.15) is 259 Å². The summed E-state index contributed by atoms with van der Waals surface area (Å²) in [7, 11) is 0. The Morgan fingerprint density at radius 3 is 0.416 bits per heavy atom. The van der Waals surface area contributed by atoms with Gasteiger partial charge in [0.05, 0.1) is 85.5 Å². The highest BCUT2D eigenvalue weighted by atomic mass is 32.7. The molecule has 608 valence electrons. The van der Waals surface area contributed by atoms with Crippen molar-refractivity contribution in [2.45, 2.75) is 345 Å². The Bertz CT molecular complexity index is 2210. The molecule has 0 fully saturated rings. The van der Waals surface area contributed by atoms with Crippen LogP contribution in [0, 0.1) is 47.3 Å². The van der Waals surface area contributed by atoms with Crippen molar-refractivity contribution in [1.82, 2.24) is 0 Å². The van der Waals surface area contributed by atoms with Crippen LogP contribution in [0.25, 0.3) is 0 Å². The van der Waals surface area contributed by atoms with Gasteiger partial charge in [0.1, 0.15) is 0 Å². The first-order valence-electron chi connectivity index (χ1n) is 36.5. The Balaban J connectivity index is 7.20. The summed E-state index contributed by atoms with van der Waals surface area (Å²) in [5.41, 5.74) is 0. The molecule has 0 radical (unpaired) electrons. The van der Waals surface area contributed by atoms with Crippen LogP contribution < -0.4 is 0 Å². The minimum atomic E-state index is -4.26. The number of hydrogen-bond acceptors (Lipinski definition) is 27. The Morgan fingerprint density at radius 1 is 0.208 bits per heavy atom. The maximum absolute atomic E-state index is 15.3. The molecule has 14 unspecified atom stereocenters. The monoisotopic (exact) mass is 1710 g/mol. The molecule has 0 aliphatic rings. The third-order valence-electron chi connectivity index (χ3n) is 13.6. The van der Waals surface area contributed by atoms with Gasteiger partial charge in [-0.2, -0.15) is 0 Å². The quantitative estimate of drug-likeness (QED) is 0.0555. The van der Waals surface area contributed by atoms with E-state index in [1.807, 2.05) is 55.4 Å². The van der Waals surface area contributed by atoms with Gasteiger partial charge in [-0.3, -0.25) is 54.3 Å². The van der Waals surface area contributed by atoms with E-state index in [9.17, 15) is 23.2 Å². The molecular formula is C66H141O21P7S7. The lowest BCUT2D eigenvalue weighted by Gasteiger charge is -2.30. The standard InChI is InChI=1S/C66H141O21P7S7/c1-45(2)31-53(17)76-89(68,77-54(18)32-46(3)4)98-41-63(27)84-93(72,85-64(28)42-99-90(69,78-55(19)33-47(5)6)79-56(20)34-48(7)8)96-39-61(25)74-88(67,95)75-62(26)40-97-94(73,86-65(29)43-100-91(70,80-57(21)35-49(9)10)81-58(22)36-50(11)12)87-66(30)44-101-92(71,82-59(23)37-51(13)14)83-60(24)38-52(15)16/h45-66H,31-44H2,1-30H3,(H,67,95). The zero-order valence-electron chi connectivity index (χ0n) is 67.2. The highest BCUT2D eigenvalue weighted by Crippen LogP contribution is 2.70. The largest absolute Gasteiger partial charge is 0.389 e. The normalized spacial score (nSPS) is 21.4. The van der Waals surface area contributed by atoms with Gasteiger partial charge >= 0.3 is 47.5 Å². The minimum Gasteiger partial charge on any atom is -0.324 e. The summed E-state index contributed by atoms with van der Waals surface area (Å²) in [5, 5.41) is 0. The molecule has 21 nitrogen and oxygen atoms in total. The molecule has 0 aromatic carbocycles. The second-order valence-electron chi connectivity index (χ2n) is 30.8. The lowest BCUT2D eigenvalue weighted by Crippen LogP contribution is -2.19. The fourth-order valence-corrected chi connectivity index (χ4v) is 37.9. The molecule has 0 saturated heterocycles.